The number of nitrogens with two attached hydrogens (primary N) is 1. The predicted octanol–water partition coefficient (Wildman–Crippen LogP) is 5.58. The number of nitrogens with one attached hydrogen (secondary N) is 2. The molecule has 2 fully saturated rings. The monoisotopic (exact) mass is 559 g/mol. The summed E-state index contributed by atoms with van der Waals surface area (Å²) in [5.74, 6) is 2.79. The minimum absolute atomic E-state index is 0.163. The van der Waals surface area contributed by atoms with Crippen LogP contribution >= 0.6 is 0 Å². The molecule has 5 aromatic rings. The predicted molar refractivity (Wildman–Crippen MR) is 167 cm³/mol. The number of imidazole rings is 1. The van der Waals surface area contributed by atoms with Crippen LogP contribution in [0.4, 0.5) is 5.82 Å². The van der Waals surface area contributed by atoms with Crippen molar-refractivity contribution >= 4 is 28.1 Å². The van der Waals surface area contributed by atoms with E-state index in [1.54, 1.807) is 0 Å². The van der Waals surface area contributed by atoms with E-state index in [-0.39, 0.29) is 11.8 Å². The number of benzene rings is 2. The third kappa shape index (κ3) is 5.34. The van der Waals surface area contributed by atoms with Crippen molar-refractivity contribution in [3.8, 4) is 22.5 Å². The van der Waals surface area contributed by atoms with E-state index in [2.05, 4.69) is 63.7 Å². The lowest BCUT2D eigenvalue weighted by Gasteiger charge is -2.29. The molecule has 1 aliphatic carbocycles. The Labute approximate surface area is 245 Å². The lowest BCUT2D eigenvalue weighted by Crippen LogP contribution is -2.40. The van der Waals surface area contributed by atoms with Gasteiger partial charge < -0.3 is 16.4 Å². The van der Waals surface area contributed by atoms with Crippen molar-refractivity contribution in [2.75, 3.05) is 25.4 Å². The molecule has 214 valence electrons. The summed E-state index contributed by atoms with van der Waals surface area (Å²) in [7, 11) is 0. The van der Waals surface area contributed by atoms with Crippen molar-refractivity contribution in [2.45, 2.75) is 44.4 Å². The average molecular weight is 560 g/mol. The fourth-order valence-corrected chi connectivity index (χ4v) is 6.62. The molecule has 1 saturated carbocycles. The van der Waals surface area contributed by atoms with Crippen molar-refractivity contribution in [1.29, 1.82) is 0 Å². The van der Waals surface area contributed by atoms with Gasteiger partial charge in [-0.15, -0.1) is 0 Å². The molecule has 4 N–H and O–H groups in total. The van der Waals surface area contributed by atoms with Gasteiger partial charge in [-0.3, -0.25) is 9.20 Å². The second-order valence-electron chi connectivity index (χ2n) is 11.8. The first-order valence-electron chi connectivity index (χ1n) is 15.2. The largest absolute Gasteiger partial charge is 0.382 e. The van der Waals surface area contributed by atoms with Crippen molar-refractivity contribution < 1.29 is 4.79 Å². The Morgan fingerprint density at radius 1 is 0.905 bits per heavy atom. The van der Waals surface area contributed by atoms with E-state index in [0.717, 1.165) is 103 Å². The van der Waals surface area contributed by atoms with E-state index in [0.29, 0.717) is 17.7 Å². The van der Waals surface area contributed by atoms with Crippen LogP contribution in [0.15, 0.2) is 73.1 Å². The zero-order chi connectivity index (χ0) is 28.5. The lowest BCUT2D eigenvalue weighted by atomic mass is 9.81. The van der Waals surface area contributed by atoms with E-state index in [4.69, 9.17) is 20.7 Å². The summed E-state index contributed by atoms with van der Waals surface area (Å²) in [6.45, 7) is 2.66. The number of aromatic nitrogens is 4. The summed E-state index contributed by atoms with van der Waals surface area (Å²) >= 11 is 0. The first-order chi connectivity index (χ1) is 20.6. The summed E-state index contributed by atoms with van der Waals surface area (Å²) in [5.41, 5.74) is 12.1. The third-order valence-electron chi connectivity index (χ3n) is 9.12. The molecular weight excluding hydrogens is 522 g/mol. The Balaban J connectivity index is 1.09. The highest BCUT2D eigenvalue weighted by Crippen LogP contribution is 2.36. The number of rotatable bonds is 6. The van der Waals surface area contributed by atoms with E-state index in [9.17, 15) is 4.79 Å². The molecule has 8 heteroatoms. The third-order valence-corrected chi connectivity index (χ3v) is 9.12. The smallest absolute Gasteiger partial charge is 0.223 e. The Morgan fingerprint density at radius 2 is 1.69 bits per heavy atom. The number of nitrogen functional groups attached to an aromatic ring is 1. The average Bonchev–Trinajstić information content (AvgIpc) is 3.49. The number of fused-ring (bicyclic) bond motifs is 2. The van der Waals surface area contributed by atoms with Crippen LogP contribution in [0.25, 0.3) is 38.9 Å². The van der Waals surface area contributed by atoms with Gasteiger partial charge in [0.2, 0.25) is 5.91 Å². The van der Waals surface area contributed by atoms with Crippen LogP contribution in [-0.4, -0.2) is 44.9 Å². The van der Waals surface area contributed by atoms with Gasteiger partial charge in [-0.05, 0) is 69.7 Å². The standard InChI is InChI=1S/C34H37N7O/c35-32-31-20-37-33(25-8-6-22(7-9-25)19-38-34(42)26-14-16-36-17-15-26)41(31)21-30(40-32)27-11-10-24-12-13-28(39-29(24)18-27)23-4-2-1-3-5-23/h1-5,10-13,18,20-22,25-26,36H,6-9,14-17,19H2,(H2,35,40)(H,38,42). The maximum Gasteiger partial charge on any atom is 0.223 e. The molecule has 2 aromatic carbocycles. The van der Waals surface area contributed by atoms with Crippen LogP contribution < -0.4 is 16.4 Å². The fourth-order valence-electron chi connectivity index (χ4n) is 6.62. The van der Waals surface area contributed by atoms with Crippen molar-refractivity contribution in [3.05, 3.63) is 78.9 Å². The van der Waals surface area contributed by atoms with Gasteiger partial charge in [0.1, 0.15) is 17.2 Å². The maximum atomic E-state index is 12.6. The first-order valence-corrected chi connectivity index (χ1v) is 15.2. The van der Waals surface area contributed by atoms with Crippen LogP contribution in [0, 0.1) is 11.8 Å². The summed E-state index contributed by atoms with van der Waals surface area (Å²) in [6, 6.07) is 20.7. The van der Waals surface area contributed by atoms with E-state index in [1.165, 1.54) is 0 Å². The van der Waals surface area contributed by atoms with Crippen molar-refractivity contribution in [1.82, 2.24) is 30.0 Å². The number of hydrogen-bond donors (Lipinski definition) is 3. The van der Waals surface area contributed by atoms with Crippen LogP contribution in [0.2, 0.25) is 0 Å². The summed E-state index contributed by atoms with van der Waals surface area (Å²) in [6.07, 6.45) is 10.1. The highest BCUT2D eigenvalue weighted by Gasteiger charge is 2.27. The Hall–Kier alpha value is -4.30. The van der Waals surface area contributed by atoms with Gasteiger partial charge in [-0.25, -0.2) is 15.0 Å². The van der Waals surface area contributed by atoms with Gasteiger partial charge in [0, 0.05) is 41.1 Å². The minimum Gasteiger partial charge on any atom is -0.382 e. The number of carbonyl (C=O) groups excluding carboxylic acids is 1. The number of nitrogens with zero attached hydrogens (tertiary/aromatic N) is 4. The molecule has 0 atom stereocenters. The van der Waals surface area contributed by atoms with Gasteiger partial charge >= 0.3 is 0 Å². The second kappa shape index (κ2) is 11.5. The molecule has 1 amide bonds. The molecule has 1 aliphatic heterocycles. The van der Waals surface area contributed by atoms with Gasteiger partial charge in [-0.1, -0.05) is 48.5 Å². The second-order valence-corrected chi connectivity index (χ2v) is 11.8. The molecule has 4 heterocycles. The molecule has 0 radical (unpaired) electrons. The Morgan fingerprint density at radius 3 is 2.50 bits per heavy atom. The number of pyridine rings is 1. The summed E-state index contributed by atoms with van der Waals surface area (Å²) < 4.78 is 2.14. The first kappa shape index (κ1) is 26.6. The Bertz CT molecular complexity index is 1720. The number of carbonyl (C=O) groups is 1. The lowest BCUT2D eigenvalue weighted by molar-refractivity contribution is -0.126. The topological polar surface area (TPSA) is 110 Å². The molecule has 3 aromatic heterocycles. The number of hydrogen-bond acceptors (Lipinski definition) is 6. The van der Waals surface area contributed by atoms with Crippen LogP contribution in [0.3, 0.4) is 0 Å². The van der Waals surface area contributed by atoms with Gasteiger partial charge in [0.05, 0.1) is 23.1 Å². The minimum atomic E-state index is 0.163. The van der Waals surface area contributed by atoms with Crippen molar-refractivity contribution in [2.24, 2.45) is 11.8 Å². The SMILES string of the molecule is Nc1nc(-c2ccc3ccc(-c4ccccc4)nc3c2)cn2c(C3CCC(CNC(=O)C4CCNCC4)CC3)ncc12. The van der Waals surface area contributed by atoms with E-state index >= 15 is 0 Å². The fraction of sp³-hybridized carbons (Fsp3) is 0.353. The van der Waals surface area contributed by atoms with Crippen LogP contribution in [-0.2, 0) is 4.79 Å². The van der Waals surface area contributed by atoms with Crippen molar-refractivity contribution in [3.63, 3.8) is 0 Å². The number of amides is 1. The maximum absolute atomic E-state index is 12.6. The molecule has 7 rings (SSSR count). The molecule has 0 spiro atoms. The van der Waals surface area contributed by atoms with E-state index < -0.39 is 0 Å². The normalized spacial score (nSPS) is 19.7. The quantitative estimate of drug-likeness (QED) is 0.250. The highest BCUT2D eigenvalue weighted by atomic mass is 16.1. The summed E-state index contributed by atoms with van der Waals surface area (Å²) in [5, 5.41) is 7.66. The van der Waals surface area contributed by atoms with E-state index in [1.807, 2.05) is 24.4 Å². The Kier molecular flexibility index (Phi) is 7.30. The molecule has 42 heavy (non-hydrogen) atoms. The van der Waals surface area contributed by atoms with Gasteiger partial charge in [-0.2, -0.15) is 0 Å². The van der Waals surface area contributed by atoms with Crippen LogP contribution in [0.5, 0.6) is 0 Å². The molecule has 8 nitrogen and oxygen atoms in total. The molecular formula is C34H37N7O. The molecule has 0 unspecified atom stereocenters. The van der Waals surface area contributed by atoms with Gasteiger partial charge in [0.25, 0.3) is 0 Å². The number of piperidine rings is 1. The highest BCUT2D eigenvalue weighted by molar-refractivity contribution is 5.86. The summed E-state index contributed by atoms with van der Waals surface area (Å²) in [4.78, 5) is 27.1. The number of anilines is 1. The zero-order valence-corrected chi connectivity index (χ0v) is 23.8. The van der Waals surface area contributed by atoms with Crippen LogP contribution in [0.1, 0.15) is 50.3 Å². The molecule has 0 bridgehead atoms. The molecule has 1 saturated heterocycles. The van der Waals surface area contributed by atoms with Gasteiger partial charge in [0.15, 0.2) is 0 Å². The zero-order valence-electron chi connectivity index (χ0n) is 23.8. The molecule has 2 aliphatic rings.